The lowest BCUT2D eigenvalue weighted by Crippen LogP contribution is -2.37. The van der Waals surface area contributed by atoms with Crippen LogP contribution in [-0.4, -0.2) is 37.2 Å². The Bertz CT molecular complexity index is 373. The molecule has 1 saturated heterocycles. The first-order chi connectivity index (χ1) is 7.72. The molecular formula is C11H18Cl3N3O. The van der Waals surface area contributed by atoms with Crippen LogP contribution in [0.25, 0.3) is 0 Å². The number of pyridine rings is 1. The molecular weight excluding hydrogens is 296 g/mol. The number of ether oxygens (including phenoxy) is 1. The zero-order chi connectivity index (χ0) is 11.5. The van der Waals surface area contributed by atoms with Crippen molar-refractivity contribution in [2.45, 2.75) is 12.8 Å². The van der Waals surface area contributed by atoms with Gasteiger partial charge in [-0.2, -0.15) is 0 Å². The zero-order valence-corrected chi connectivity index (χ0v) is 12.8. The van der Waals surface area contributed by atoms with Crippen molar-refractivity contribution in [3.8, 4) is 5.75 Å². The molecule has 0 aromatic carbocycles. The second-order valence-electron chi connectivity index (χ2n) is 3.87. The van der Waals surface area contributed by atoms with Crippen molar-refractivity contribution in [3.63, 3.8) is 0 Å². The Kier molecular flexibility index (Phi) is 7.71. The lowest BCUT2D eigenvalue weighted by Gasteiger charge is -2.29. The predicted octanol–water partition coefficient (Wildman–Crippen LogP) is 3.03. The van der Waals surface area contributed by atoms with Crippen molar-refractivity contribution >= 4 is 42.1 Å². The maximum absolute atomic E-state index is 5.89. The van der Waals surface area contributed by atoms with E-state index < -0.39 is 0 Å². The maximum atomic E-state index is 5.89. The Balaban J connectivity index is 0.00000144. The van der Waals surface area contributed by atoms with Crippen LogP contribution in [0.4, 0.5) is 5.69 Å². The third-order valence-corrected chi connectivity index (χ3v) is 3.18. The van der Waals surface area contributed by atoms with Gasteiger partial charge < -0.3 is 9.75 Å². The number of hydrazine groups is 1. The quantitative estimate of drug-likeness (QED) is 0.802. The molecule has 1 aromatic heterocycles. The second-order valence-corrected chi connectivity index (χ2v) is 4.23. The van der Waals surface area contributed by atoms with Gasteiger partial charge in [-0.3, -0.25) is 0 Å². The highest BCUT2D eigenvalue weighted by molar-refractivity contribution is 6.30. The van der Waals surface area contributed by atoms with Crippen molar-refractivity contribution in [3.05, 3.63) is 17.4 Å². The number of halogens is 3. The van der Waals surface area contributed by atoms with E-state index in [0.717, 1.165) is 18.8 Å². The van der Waals surface area contributed by atoms with Crippen LogP contribution in [0.5, 0.6) is 5.75 Å². The minimum atomic E-state index is 0. The van der Waals surface area contributed by atoms with Gasteiger partial charge in [0, 0.05) is 26.2 Å². The minimum absolute atomic E-state index is 0. The topological polar surface area (TPSA) is 28.6 Å². The molecule has 2 heterocycles. The van der Waals surface area contributed by atoms with Gasteiger partial charge in [-0.1, -0.05) is 11.6 Å². The summed E-state index contributed by atoms with van der Waals surface area (Å²) in [6.45, 7) is 2.20. The molecule has 0 aliphatic carbocycles. The number of anilines is 1. The summed E-state index contributed by atoms with van der Waals surface area (Å²) in [7, 11) is 3.64. The summed E-state index contributed by atoms with van der Waals surface area (Å²) in [5.41, 5.74) is 1.00. The van der Waals surface area contributed by atoms with E-state index in [1.807, 2.05) is 13.1 Å². The Morgan fingerprint density at radius 2 is 1.94 bits per heavy atom. The number of rotatable bonds is 3. The summed E-state index contributed by atoms with van der Waals surface area (Å²) in [5.74, 6) is 0.616. The SMILES string of the molecule is COc1cc(N(C)N2CCCC2)cnc1Cl.Cl.Cl. The van der Waals surface area contributed by atoms with Crippen molar-refractivity contribution in [1.82, 2.24) is 9.99 Å². The van der Waals surface area contributed by atoms with Gasteiger partial charge in [-0.25, -0.2) is 9.99 Å². The summed E-state index contributed by atoms with van der Waals surface area (Å²) in [4.78, 5) is 4.11. The van der Waals surface area contributed by atoms with Crippen LogP contribution >= 0.6 is 36.4 Å². The van der Waals surface area contributed by atoms with Gasteiger partial charge in [0.25, 0.3) is 0 Å². The monoisotopic (exact) mass is 313 g/mol. The third-order valence-electron chi connectivity index (χ3n) is 2.89. The fourth-order valence-electron chi connectivity index (χ4n) is 1.90. The molecule has 104 valence electrons. The lowest BCUT2D eigenvalue weighted by molar-refractivity contribution is 0.327. The second kappa shape index (κ2) is 7.89. The van der Waals surface area contributed by atoms with Gasteiger partial charge in [-0.05, 0) is 12.8 Å². The van der Waals surface area contributed by atoms with Gasteiger partial charge in [0.15, 0.2) is 10.9 Å². The van der Waals surface area contributed by atoms with E-state index in [9.17, 15) is 0 Å². The summed E-state index contributed by atoms with van der Waals surface area (Å²) < 4.78 is 5.16. The normalized spacial score (nSPS) is 14.6. The van der Waals surface area contributed by atoms with Crippen LogP contribution in [0.2, 0.25) is 5.15 Å². The van der Waals surface area contributed by atoms with Gasteiger partial charge in [-0.15, -0.1) is 24.8 Å². The van der Waals surface area contributed by atoms with E-state index in [0.29, 0.717) is 10.9 Å². The Hall–Kier alpha value is -0.420. The molecule has 7 heteroatoms. The molecule has 0 atom stereocenters. The largest absolute Gasteiger partial charge is 0.493 e. The van der Waals surface area contributed by atoms with Crippen LogP contribution in [-0.2, 0) is 0 Å². The number of methoxy groups -OCH3 is 1. The van der Waals surface area contributed by atoms with Crippen LogP contribution < -0.4 is 9.75 Å². The molecule has 0 spiro atoms. The van der Waals surface area contributed by atoms with Crippen molar-refractivity contribution in [2.75, 3.05) is 32.3 Å². The van der Waals surface area contributed by atoms with Crippen molar-refractivity contribution in [1.29, 1.82) is 0 Å². The molecule has 1 aromatic rings. The van der Waals surface area contributed by atoms with E-state index in [4.69, 9.17) is 16.3 Å². The molecule has 0 radical (unpaired) electrons. The Morgan fingerprint density at radius 1 is 1.33 bits per heavy atom. The van der Waals surface area contributed by atoms with Crippen LogP contribution in [0.15, 0.2) is 12.3 Å². The first-order valence-electron chi connectivity index (χ1n) is 5.40. The molecule has 4 nitrogen and oxygen atoms in total. The van der Waals surface area contributed by atoms with E-state index in [-0.39, 0.29) is 24.8 Å². The molecule has 0 N–H and O–H groups in total. The Labute approximate surface area is 125 Å². The number of hydrogen-bond acceptors (Lipinski definition) is 4. The molecule has 1 aliphatic rings. The highest BCUT2D eigenvalue weighted by Crippen LogP contribution is 2.27. The average molecular weight is 315 g/mol. The first kappa shape index (κ1) is 17.6. The fraction of sp³-hybridized carbons (Fsp3) is 0.545. The van der Waals surface area contributed by atoms with E-state index in [2.05, 4.69) is 15.0 Å². The van der Waals surface area contributed by atoms with Crippen LogP contribution in [0.1, 0.15) is 12.8 Å². The molecule has 1 aliphatic heterocycles. The first-order valence-corrected chi connectivity index (χ1v) is 5.78. The van der Waals surface area contributed by atoms with Gasteiger partial charge in [0.1, 0.15) is 0 Å². The number of aromatic nitrogens is 1. The zero-order valence-electron chi connectivity index (χ0n) is 10.4. The fourth-order valence-corrected chi connectivity index (χ4v) is 2.08. The molecule has 0 saturated carbocycles. The molecule has 0 unspecified atom stereocenters. The van der Waals surface area contributed by atoms with E-state index >= 15 is 0 Å². The molecule has 2 rings (SSSR count). The third kappa shape index (κ3) is 3.79. The lowest BCUT2D eigenvalue weighted by atomic mass is 10.4. The van der Waals surface area contributed by atoms with Gasteiger partial charge in [0.2, 0.25) is 0 Å². The smallest absolute Gasteiger partial charge is 0.171 e. The van der Waals surface area contributed by atoms with Crippen LogP contribution in [0, 0.1) is 0 Å². The summed E-state index contributed by atoms with van der Waals surface area (Å²) in [5, 5.41) is 4.81. The van der Waals surface area contributed by atoms with Gasteiger partial charge in [0.05, 0.1) is 19.0 Å². The maximum Gasteiger partial charge on any atom is 0.171 e. The van der Waals surface area contributed by atoms with Crippen LogP contribution in [0.3, 0.4) is 0 Å². The molecule has 0 bridgehead atoms. The van der Waals surface area contributed by atoms with E-state index in [1.54, 1.807) is 13.3 Å². The van der Waals surface area contributed by atoms with Crippen molar-refractivity contribution in [2.24, 2.45) is 0 Å². The number of nitrogens with zero attached hydrogens (tertiary/aromatic N) is 3. The molecule has 18 heavy (non-hydrogen) atoms. The summed E-state index contributed by atoms with van der Waals surface area (Å²) in [6.07, 6.45) is 4.27. The molecule has 1 fully saturated rings. The predicted molar refractivity (Wildman–Crippen MR) is 79.5 cm³/mol. The van der Waals surface area contributed by atoms with Crippen molar-refractivity contribution < 1.29 is 4.74 Å². The highest BCUT2D eigenvalue weighted by Gasteiger charge is 2.17. The van der Waals surface area contributed by atoms with Gasteiger partial charge >= 0.3 is 0 Å². The minimum Gasteiger partial charge on any atom is -0.493 e. The molecule has 0 amide bonds. The summed E-state index contributed by atoms with van der Waals surface area (Å²) >= 11 is 5.89. The number of hydrogen-bond donors (Lipinski definition) is 0. The highest BCUT2D eigenvalue weighted by atomic mass is 35.5. The summed E-state index contributed by atoms with van der Waals surface area (Å²) in [6, 6.07) is 1.91. The Morgan fingerprint density at radius 3 is 2.50 bits per heavy atom. The van der Waals surface area contributed by atoms with E-state index in [1.165, 1.54) is 12.8 Å². The average Bonchev–Trinajstić information content (AvgIpc) is 2.82. The standard InChI is InChI=1S/C11H16ClN3O.2ClH/c1-14(15-5-3-4-6-15)9-7-10(16-2)11(12)13-8-9;;/h7-8H,3-6H2,1-2H3;2*1H.